The Labute approximate surface area is 170 Å². The average molecular weight is 397 g/mol. The Morgan fingerprint density at radius 2 is 1.86 bits per heavy atom. The van der Waals surface area contributed by atoms with Crippen molar-refractivity contribution in [2.45, 2.75) is 39.7 Å². The minimum absolute atomic E-state index is 0.0150. The van der Waals surface area contributed by atoms with Crippen molar-refractivity contribution in [3.8, 4) is 0 Å². The van der Waals surface area contributed by atoms with Crippen LogP contribution >= 0.6 is 0 Å². The SMILES string of the molecule is CCOC(=O)N1CCC(NC(=O)c2cnc(Nc3ccc(C)cc3C)nc2)CC1. The summed E-state index contributed by atoms with van der Waals surface area (Å²) in [5, 5.41) is 6.16. The summed E-state index contributed by atoms with van der Waals surface area (Å²) in [6, 6.07) is 6.10. The fraction of sp³-hybridized carbons (Fsp3) is 0.429. The lowest BCUT2D eigenvalue weighted by Gasteiger charge is -2.31. The second kappa shape index (κ2) is 9.36. The molecule has 0 saturated carbocycles. The van der Waals surface area contributed by atoms with Gasteiger partial charge in [0, 0.05) is 37.2 Å². The molecule has 0 bridgehead atoms. The van der Waals surface area contributed by atoms with Crippen LogP contribution in [-0.2, 0) is 4.74 Å². The maximum atomic E-state index is 12.5. The van der Waals surface area contributed by atoms with Crippen LogP contribution in [0.5, 0.6) is 0 Å². The summed E-state index contributed by atoms with van der Waals surface area (Å²) in [7, 11) is 0. The van der Waals surface area contributed by atoms with Crippen LogP contribution in [0.25, 0.3) is 0 Å². The van der Waals surface area contributed by atoms with Crippen molar-refractivity contribution in [3.05, 3.63) is 47.3 Å². The number of piperidine rings is 1. The van der Waals surface area contributed by atoms with E-state index in [2.05, 4.69) is 26.7 Å². The number of likely N-dealkylation sites (tertiary alicyclic amines) is 1. The highest BCUT2D eigenvalue weighted by Crippen LogP contribution is 2.19. The number of aryl methyl sites for hydroxylation is 2. The minimum atomic E-state index is -0.294. The normalized spacial score (nSPS) is 14.4. The number of benzene rings is 1. The van der Waals surface area contributed by atoms with Crippen molar-refractivity contribution < 1.29 is 14.3 Å². The van der Waals surface area contributed by atoms with Crippen LogP contribution < -0.4 is 10.6 Å². The molecule has 1 saturated heterocycles. The van der Waals surface area contributed by atoms with E-state index in [0.29, 0.717) is 44.0 Å². The van der Waals surface area contributed by atoms with E-state index in [-0.39, 0.29) is 18.0 Å². The van der Waals surface area contributed by atoms with Gasteiger partial charge in [0.15, 0.2) is 0 Å². The summed E-state index contributed by atoms with van der Waals surface area (Å²) in [5.41, 5.74) is 3.63. The number of nitrogens with zero attached hydrogens (tertiary/aromatic N) is 3. The van der Waals surface area contributed by atoms with E-state index in [1.54, 1.807) is 11.8 Å². The van der Waals surface area contributed by atoms with Gasteiger partial charge >= 0.3 is 6.09 Å². The Kier molecular flexibility index (Phi) is 6.64. The van der Waals surface area contributed by atoms with E-state index in [4.69, 9.17) is 4.74 Å². The molecular formula is C21H27N5O3. The first kappa shape index (κ1) is 20.6. The quantitative estimate of drug-likeness (QED) is 0.804. The Morgan fingerprint density at radius 3 is 2.48 bits per heavy atom. The summed E-state index contributed by atoms with van der Waals surface area (Å²) in [6.07, 6.45) is 4.12. The third-order valence-electron chi connectivity index (χ3n) is 4.90. The average Bonchev–Trinajstić information content (AvgIpc) is 2.71. The summed E-state index contributed by atoms with van der Waals surface area (Å²) in [6.45, 7) is 7.35. The second-order valence-electron chi connectivity index (χ2n) is 7.17. The molecule has 1 fully saturated rings. The van der Waals surface area contributed by atoms with Crippen LogP contribution in [0.3, 0.4) is 0 Å². The van der Waals surface area contributed by atoms with Gasteiger partial charge in [0.2, 0.25) is 5.95 Å². The van der Waals surface area contributed by atoms with E-state index < -0.39 is 0 Å². The maximum Gasteiger partial charge on any atom is 0.409 e. The van der Waals surface area contributed by atoms with Gasteiger partial charge in [0.25, 0.3) is 5.91 Å². The van der Waals surface area contributed by atoms with Gasteiger partial charge in [-0.1, -0.05) is 17.7 Å². The van der Waals surface area contributed by atoms with Crippen LogP contribution in [0.15, 0.2) is 30.6 Å². The maximum absolute atomic E-state index is 12.5. The fourth-order valence-corrected chi connectivity index (χ4v) is 3.27. The van der Waals surface area contributed by atoms with Crippen LogP contribution in [0.2, 0.25) is 0 Å². The molecule has 29 heavy (non-hydrogen) atoms. The van der Waals surface area contributed by atoms with Gasteiger partial charge in [0.05, 0.1) is 12.2 Å². The van der Waals surface area contributed by atoms with Gasteiger partial charge < -0.3 is 20.3 Å². The molecule has 0 unspecified atom stereocenters. The minimum Gasteiger partial charge on any atom is -0.450 e. The van der Waals surface area contributed by atoms with Gasteiger partial charge in [-0.15, -0.1) is 0 Å². The van der Waals surface area contributed by atoms with Crippen molar-refractivity contribution in [1.82, 2.24) is 20.2 Å². The van der Waals surface area contributed by atoms with E-state index in [1.807, 2.05) is 26.0 Å². The highest BCUT2D eigenvalue weighted by Gasteiger charge is 2.25. The van der Waals surface area contributed by atoms with Crippen LogP contribution in [0.1, 0.15) is 41.3 Å². The van der Waals surface area contributed by atoms with Crippen LogP contribution in [0.4, 0.5) is 16.4 Å². The Bertz CT molecular complexity index is 861. The molecule has 1 aliphatic heterocycles. The van der Waals surface area contributed by atoms with Gasteiger partial charge in [-0.25, -0.2) is 14.8 Å². The predicted octanol–water partition coefficient (Wildman–Crippen LogP) is 3.19. The lowest BCUT2D eigenvalue weighted by molar-refractivity contribution is 0.0859. The van der Waals surface area contributed by atoms with Crippen molar-refractivity contribution >= 4 is 23.6 Å². The number of aromatic nitrogens is 2. The molecule has 0 atom stereocenters. The molecule has 2 aromatic rings. The molecule has 0 aliphatic carbocycles. The number of anilines is 2. The molecule has 2 N–H and O–H groups in total. The molecule has 2 amide bonds. The zero-order valence-electron chi connectivity index (χ0n) is 17.1. The topological polar surface area (TPSA) is 96.5 Å². The van der Waals surface area contributed by atoms with Gasteiger partial charge in [-0.3, -0.25) is 4.79 Å². The summed E-state index contributed by atoms with van der Waals surface area (Å²) >= 11 is 0. The number of rotatable bonds is 5. The predicted molar refractivity (Wildman–Crippen MR) is 110 cm³/mol. The van der Waals surface area contributed by atoms with E-state index >= 15 is 0 Å². The summed E-state index contributed by atoms with van der Waals surface area (Å²) in [4.78, 5) is 34.4. The van der Waals surface area contributed by atoms with Crippen molar-refractivity contribution in [3.63, 3.8) is 0 Å². The molecule has 1 aromatic carbocycles. The molecule has 8 nitrogen and oxygen atoms in total. The van der Waals surface area contributed by atoms with Crippen LogP contribution in [-0.4, -0.2) is 52.6 Å². The largest absolute Gasteiger partial charge is 0.450 e. The smallest absolute Gasteiger partial charge is 0.409 e. The highest BCUT2D eigenvalue weighted by molar-refractivity contribution is 5.93. The first-order valence-electron chi connectivity index (χ1n) is 9.85. The molecule has 154 valence electrons. The number of amides is 2. The molecule has 1 aromatic heterocycles. The number of hydrogen-bond acceptors (Lipinski definition) is 6. The zero-order chi connectivity index (χ0) is 20.8. The van der Waals surface area contributed by atoms with Gasteiger partial charge in [-0.2, -0.15) is 0 Å². The second-order valence-corrected chi connectivity index (χ2v) is 7.17. The molecule has 8 heteroatoms. The first-order chi connectivity index (χ1) is 14.0. The lowest BCUT2D eigenvalue weighted by atomic mass is 10.1. The van der Waals surface area contributed by atoms with Gasteiger partial charge in [0.1, 0.15) is 0 Å². The van der Waals surface area contributed by atoms with Gasteiger partial charge in [-0.05, 0) is 45.2 Å². The first-order valence-corrected chi connectivity index (χ1v) is 9.85. The van der Waals surface area contributed by atoms with E-state index in [0.717, 1.165) is 11.3 Å². The van der Waals surface area contributed by atoms with Crippen molar-refractivity contribution in [2.75, 3.05) is 25.0 Å². The number of carbonyl (C=O) groups is 2. The van der Waals surface area contributed by atoms with Crippen molar-refractivity contribution in [2.24, 2.45) is 0 Å². The Morgan fingerprint density at radius 1 is 1.17 bits per heavy atom. The Balaban J connectivity index is 1.52. The third-order valence-corrected chi connectivity index (χ3v) is 4.90. The monoisotopic (exact) mass is 397 g/mol. The summed E-state index contributed by atoms with van der Waals surface area (Å²) < 4.78 is 5.01. The molecule has 3 rings (SSSR count). The molecule has 2 heterocycles. The Hall–Kier alpha value is -3.16. The van der Waals surface area contributed by atoms with Crippen LogP contribution in [0, 0.1) is 13.8 Å². The molecular weight excluding hydrogens is 370 g/mol. The van der Waals surface area contributed by atoms with Crippen molar-refractivity contribution in [1.29, 1.82) is 0 Å². The molecule has 0 spiro atoms. The number of nitrogens with one attached hydrogen (secondary N) is 2. The summed E-state index contributed by atoms with van der Waals surface area (Å²) in [5.74, 6) is 0.230. The third kappa shape index (κ3) is 5.43. The number of ether oxygens (including phenoxy) is 1. The number of hydrogen-bond donors (Lipinski definition) is 2. The number of carbonyl (C=O) groups excluding carboxylic acids is 2. The van der Waals surface area contributed by atoms with E-state index in [9.17, 15) is 9.59 Å². The lowest BCUT2D eigenvalue weighted by Crippen LogP contribution is -2.46. The zero-order valence-corrected chi connectivity index (χ0v) is 17.1. The molecule has 1 aliphatic rings. The molecule has 0 radical (unpaired) electrons. The fourth-order valence-electron chi connectivity index (χ4n) is 3.27. The van der Waals surface area contributed by atoms with E-state index in [1.165, 1.54) is 18.0 Å². The standard InChI is InChI=1S/C21H27N5O3/c1-4-29-21(28)26-9-7-17(8-10-26)24-19(27)16-12-22-20(23-13-16)25-18-6-5-14(2)11-15(18)3/h5-6,11-13,17H,4,7-10H2,1-3H3,(H,24,27)(H,22,23,25). The highest BCUT2D eigenvalue weighted by atomic mass is 16.6.